The number of nitrogens with one attached hydrogen (secondary N) is 3. The summed E-state index contributed by atoms with van der Waals surface area (Å²) in [6.45, 7) is 0. The molecule has 0 aliphatic carbocycles. The fourth-order valence-electron chi connectivity index (χ4n) is 0.830. The normalized spacial score (nSPS) is 9.21. The number of benzene rings is 1. The molecule has 6 nitrogen and oxygen atoms in total. The van der Waals surface area contributed by atoms with Gasteiger partial charge in [0.25, 0.3) is 5.96 Å². The molecule has 0 unspecified atom stereocenters. The second-order valence-corrected chi connectivity index (χ2v) is 2.82. The molecule has 0 saturated carbocycles. The van der Waals surface area contributed by atoms with Crippen LogP contribution in [0.15, 0.2) is 24.3 Å². The Morgan fingerprint density at radius 2 is 2.29 bits per heavy atom. The molecule has 0 aliphatic heterocycles. The summed E-state index contributed by atoms with van der Waals surface area (Å²) >= 11 is 5.67. The number of halogens is 1. The standard InChI is InChI=1S/C7H7ClN4O2/c8-5-2-1-3-6(4-5)10-7(9)11-12(13)14/h1-4H,(H3,9,10,11). The number of nitro groups is 1. The van der Waals surface area contributed by atoms with Crippen LogP contribution in [0.4, 0.5) is 5.69 Å². The topological polar surface area (TPSA) is 91.1 Å². The molecule has 1 rings (SSSR count). The van der Waals surface area contributed by atoms with Crippen molar-refractivity contribution in [1.82, 2.24) is 5.43 Å². The van der Waals surface area contributed by atoms with E-state index in [1.807, 2.05) is 0 Å². The average Bonchev–Trinajstić information content (AvgIpc) is 2.01. The van der Waals surface area contributed by atoms with Gasteiger partial charge < -0.3 is 5.32 Å². The maximum Gasteiger partial charge on any atom is 0.255 e. The highest BCUT2D eigenvalue weighted by molar-refractivity contribution is 6.30. The lowest BCUT2D eigenvalue weighted by Gasteiger charge is -2.04. The first-order valence-electron chi connectivity index (χ1n) is 3.60. The largest absolute Gasteiger partial charge is 0.322 e. The molecule has 0 spiro atoms. The third-order valence-electron chi connectivity index (χ3n) is 1.30. The maximum absolute atomic E-state index is 9.95. The van der Waals surface area contributed by atoms with Crippen molar-refractivity contribution in [2.45, 2.75) is 0 Å². The van der Waals surface area contributed by atoms with Crippen LogP contribution in [0.3, 0.4) is 0 Å². The van der Waals surface area contributed by atoms with Gasteiger partial charge in [0.05, 0.1) is 0 Å². The highest BCUT2D eigenvalue weighted by atomic mass is 35.5. The van der Waals surface area contributed by atoms with Crippen molar-refractivity contribution in [2.75, 3.05) is 5.32 Å². The molecule has 0 fully saturated rings. The molecule has 3 N–H and O–H groups in total. The van der Waals surface area contributed by atoms with Gasteiger partial charge in [-0.25, -0.2) is 10.1 Å². The average molecular weight is 215 g/mol. The lowest BCUT2D eigenvalue weighted by molar-refractivity contribution is -0.525. The van der Waals surface area contributed by atoms with Gasteiger partial charge in [0.1, 0.15) is 0 Å². The zero-order valence-electron chi connectivity index (χ0n) is 6.95. The van der Waals surface area contributed by atoms with Crippen LogP contribution < -0.4 is 10.7 Å². The first kappa shape index (κ1) is 10.3. The lowest BCUT2D eigenvalue weighted by atomic mass is 10.3. The SMILES string of the molecule is N=C(Nc1cccc(Cl)c1)N[N+](=O)[O-]. The van der Waals surface area contributed by atoms with Crippen molar-refractivity contribution in [2.24, 2.45) is 0 Å². The minimum absolute atomic E-state index is 0.419. The summed E-state index contributed by atoms with van der Waals surface area (Å²) < 4.78 is 0. The van der Waals surface area contributed by atoms with Crippen LogP contribution in [0.2, 0.25) is 5.02 Å². The van der Waals surface area contributed by atoms with Gasteiger partial charge in [-0.3, -0.25) is 5.41 Å². The molecule has 74 valence electrons. The molecule has 0 radical (unpaired) electrons. The smallest absolute Gasteiger partial charge is 0.255 e. The quantitative estimate of drug-likeness (QED) is 0.301. The predicted molar refractivity (Wildman–Crippen MR) is 52.9 cm³/mol. The number of anilines is 1. The Labute approximate surface area is 84.5 Å². The zero-order chi connectivity index (χ0) is 10.6. The second-order valence-electron chi connectivity index (χ2n) is 2.38. The number of nitrogens with zero attached hydrogens (tertiary/aromatic N) is 1. The van der Waals surface area contributed by atoms with E-state index in [9.17, 15) is 10.1 Å². The Kier molecular flexibility index (Phi) is 3.24. The molecule has 0 saturated heterocycles. The number of guanidine groups is 1. The number of hydrogen-bond donors (Lipinski definition) is 3. The third-order valence-corrected chi connectivity index (χ3v) is 1.53. The minimum atomic E-state index is -0.820. The lowest BCUT2D eigenvalue weighted by Crippen LogP contribution is -2.34. The number of hydrogen-bond acceptors (Lipinski definition) is 3. The predicted octanol–water partition coefficient (Wildman–Crippen LogP) is 1.47. The van der Waals surface area contributed by atoms with Gasteiger partial charge in [0, 0.05) is 10.7 Å². The van der Waals surface area contributed by atoms with E-state index in [0.29, 0.717) is 10.7 Å². The van der Waals surface area contributed by atoms with Gasteiger partial charge in [-0.1, -0.05) is 23.1 Å². The van der Waals surface area contributed by atoms with E-state index in [1.54, 1.807) is 29.7 Å². The van der Waals surface area contributed by atoms with Crippen molar-refractivity contribution >= 4 is 23.2 Å². The first-order valence-corrected chi connectivity index (χ1v) is 3.98. The molecule has 0 aromatic heterocycles. The van der Waals surface area contributed by atoms with E-state index in [2.05, 4.69) is 5.32 Å². The Morgan fingerprint density at radius 3 is 2.86 bits per heavy atom. The fraction of sp³-hybridized carbons (Fsp3) is 0. The zero-order valence-corrected chi connectivity index (χ0v) is 7.71. The van der Waals surface area contributed by atoms with Gasteiger partial charge in [-0.05, 0) is 18.2 Å². The fourth-order valence-corrected chi connectivity index (χ4v) is 1.02. The van der Waals surface area contributed by atoms with Crippen LogP contribution in [0.1, 0.15) is 0 Å². The van der Waals surface area contributed by atoms with Crippen molar-refractivity contribution in [3.63, 3.8) is 0 Å². The van der Waals surface area contributed by atoms with E-state index in [0.717, 1.165) is 0 Å². The van der Waals surface area contributed by atoms with Crippen LogP contribution in [0.25, 0.3) is 0 Å². The van der Waals surface area contributed by atoms with E-state index in [4.69, 9.17) is 17.0 Å². The van der Waals surface area contributed by atoms with Gasteiger partial charge >= 0.3 is 0 Å². The summed E-state index contributed by atoms with van der Waals surface area (Å²) in [5.74, 6) is -0.419. The number of rotatable bonds is 2. The molecule has 1 aromatic rings. The molecular formula is C7H7ClN4O2. The second kappa shape index (κ2) is 4.43. The van der Waals surface area contributed by atoms with E-state index < -0.39 is 11.0 Å². The van der Waals surface area contributed by atoms with Crippen LogP contribution >= 0.6 is 11.6 Å². The third kappa shape index (κ3) is 3.28. The van der Waals surface area contributed by atoms with Crippen LogP contribution in [0, 0.1) is 15.5 Å². The summed E-state index contributed by atoms with van der Waals surface area (Å²) in [6.07, 6.45) is 0. The summed E-state index contributed by atoms with van der Waals surface area (Å²) in [6, 6.07) is 6.53. The highest BCUT2D eigenvalue weighted by Crippen LogP contribution is 2.14. The Bertz CT molecular complexity index is 368. The molecule has 0 atom stereocenters. The Morgan fingerprint density at radius 1 is 1.57 bits per heavy atom. The van der Waals surface area contributed by atoms with Crippen LogP contribution in [-0.2, 0) is 0 Å². The molecule has 0 amide bonds. The minimum Gasteiger partial charge on any atom is -0.322 e. The molecule has 7 heteroatoms. The summed E-state index contributed by atoms with van der Waals surface area (Å²) in [5.41, 5.74) is 2.17. The van der Waals surface area contributed by atoms with Crippen molar-refractivity contribution in [3.8, 4) is 0 Å². The van der Waals surface area contributed by atoms with Crippen LogP contribution in [-0.4, -0.2) is 11.0 Å². The summed E-state index contributed by atoms with van der Waals surface area (Å²) in [7, 11) is 0. The van der Waals surface area contributed by atoms with Crippen molar-refractivity contribution in [1.29, 1.82) is 5.41 Å². The van der Waals surface area contributed by atoms with Crippen molar-refractivity contribution < 1.29 is 5.03 Å². The van der Waals surface area contributed by atoms with Gasteiger partial charge in [0.15, 0.2) is 5.03 Å². The Hall–Kier alpha value is -1.82. The number of hydrazine groups is 1. The molecule has 0 bridgehead atoms. The Balaban J connectivity index is 2.60. The summed E-state index contributed by atoms with van der Waals surface area (Å²) in [5, 5.41) is 19.2. The van der Waals surface area contributed by atoms with E-state index >= 15 is 0 Å². The maximum atomic E-state index is 9.95. The van der Waals surface area contributed by atoms with E-state index in [-0.39, 0.29) is 0 Å². The van der Waals surface area contributed by atoms with Gasteiger partial charge in [0.2, 0.25) is 0 Å². The molecular weight excluding hydrogens is 208 g/mol. The highest BCUT2D eigenvalue weighted by Gasteiger charge is 2.02. The van der Waals surface area contributed by atoms with Gasteiger partial charge in [-0.2, -0.15) is 0 Å². The monoisotopic (exact) mass is 214 g/mol. The molecule has 14 heavy (non-hydrogen) atoms. The first-order chi connectivity index (χ1) is 6.58. The summed E-state index contributed by atoms with van der Waals surface area (Å²) in [4.78, 5) is 9.95. The van der Waals surface area contributed by atoms with E-state index in [1.165, 1.54) is 0 Å². The molecule has 1 aromatic carbocycles. The molecule has 0 heterocycles. The molecule has 0 aliphatic rings. The van der Waals surface area contributed by atoms with Crippen LogP contribution in [0.5, 0.6) is 0 Å². The van der Waals surface area contributed by atoms with Gasteiger partial charge in [-0.15, -0.1) is 0 Å². The van der Waals surface area contributed by atoms with Crippen molar-refractivity contribution in [3.05, 3.63) is 39.4 Å².